The number of aromatic nitrogens is 4. The van der Waals surface area contributed by atoms with Gasteiger partial charge in [-0.05, 0) is 41.5 Å². The standard InChI is InChI=1S/C21H18FN5O3S/c22-16-8-6-14(7-9-16)19(18-5-1-4-17(26-18)12-25-31(28)29)20(21-27-24-13-30-21)15-3-2-10-23-11-15/h1-11,13,19-20,31H,12H2,(H,25,28,29). The molecule has 0 saturated carbocycles. The first-order chi connectivity index (χ1) is 15.1. The summed E-state index contributed by atoms with van der Waals surface area (Å²) in [4.78, 5) is 8.88. The van der Waals surface area contributed by atoms with E-state index in [2.05, 4.69) is 24.9 Å². The molecule has 4 aromatic rings. The van der Waals surface area contributed by atoms with Gasteiger partial charge in [0.05, 0.1) is 18.2 Å². The first kappa shape index (κ1) is 20.8. The van der Waals surface area contributed by atoms with Crippen LogP contribution in [-0.4, -0.2) is 28.6 Å². The normalized spacial score (nSPS) is 13.2. The fourth-order valence-electron chi connectivity index (χ4n) is 3.47. The second-order valence-electron chi connectivity index (χ2n) is 6.72. The maximum absolute atomic E-state index is 13.7. The van der Waals surface area contributed by atoms with Crippen molar-refractivity contribution >= 4 is 10.9 Å². The molecule has 0 fully saturated rings. The molecule has 31 heavy (non-hydrogen) atoms. The maximum atomic E-state index is 13.7. The number of thiol groups is 1. The Hall–Kier alpha value is -3.50. The van der Waals surface area contributed by atoms with E-state index in [4.69, 9.17) is 4.42 Å². The van der Waals surface area contributed by atoms with Crippen molar-refractivity contribution in [1.82, 2.24) is 24.9 Å². The summed E-state index contributed by atoms with van der Waals surface area (Å²) in [6.07, 6.45) is 4.62. The van der Waals surface area contributed by atoms with E-state index in [0.29, 0.717) is 17.3 Å². The van der Waals surface area contributed by atoms with Crippen LogP contribution < -0.4 is 4.72 Å². The molecule has 1 aromatic carbocycles. The Balaban J connectivity index is 1.86. The van der Waals surface area contributed by atoms with Gasteiger partial charge < -0.3 is 4.42 Å². The number of pyridine rings is 2. The second-order valence-corrected chi connectivity index (χ2v) is 7.55. The van der Waals surface area contributed by atoms with E-state index in [-0.39, 0.29) is 12.4 Å². The van der Waals surface area contributed by atoms with Crippen LogP contribution in [0, 0.1) is 5.82 Å². The number of rotatable bonds is 8. The summed E-state index contributed by atoms with van der Waals surface area (Å²) in [7, 11) is -2.75. The van der Waals surface area contributed by atoms with Gasteiger partial charge in [0.25, 0.3) is 0 Å². The van der Waals surface area contributed by atoms with Gasteiger partial charge in [0.2, 0.25) is 23.2 Å². The Morgan fingerprint density at radius 3 is 2.52 bits per heavy atom. The summed E-state index contributed by atoms with van der Waals surface area (Å²) >= 11 is 0. The van der Waals surface area contributed by atoms with Gasteiger partial charge >= 0.3 is 0 Å². The van der Waals surface area contributed by atoms with E-state index < -0.39 is 22.7 Å². The highest BCUT2D eigenvalue weighted by Crippen LogP contribution is 2.41. The van der Waals surface area contributed by atoms with Gasteiger partial charge in [-0.1, -0.05) is 24.3 Å². The Bertz CT molecular complexity index is 1190. The first-order valence-corrected chi connectivity index (χ1v) is 10.5. The monoisotopic (exact) mass is 439 g/mol. The van der Waals surface area contributed by atoms with E-state index in [1.165, 1.54) is 18.5 Å². The van der Waals surface area contributed by atoms with Gasteiger partial charge in [-0.3, -0.25) is 9.97 Å². The van der Waals surface area contributed by atoms with Crippen molar-refractivity contribution in [2.45, 2.75) is 18.4 Å². The van der Waals surface area contributed by atoms with Crippen LogP contribution in [0.4, 0.5) is 4.39 Å². The van der Waals surface area contributed by atoms with Crippen LogP contribution in [0.25, 0.3) is 0 Å². The zero-order valence-electron chi connectivity index (χ0n) is 16.1. The quantitative estimate of drug-likeness (QED) is 0.406. The van der Waals surface area contributed by atoms with Gasteiger partial charge in [0.15, 0.2) is 0 Å². The highest BCUT2D eigenvalue weighted by Gasteiger charge is 2.33. The molecular weight excluding hydrogens is 421 g/mol. The fraction of sp³-hybridized carbons (Fsp3) is 0.143. The van der Waals surface area contributed by atoms with E-state index in [1.807, 2.05) is 12.1 Å². The van der Waals surface area contributed by atoms with Gasteiger partial charge in [-0.2, -0.15) is 0 Å². The maximum Gasteiger partial charge on any atom is 0.224 e. The number of halogens is 1. The van der Waals surface area contributed by atoms with E-state index >= 15 is 0 Å². The van der Waals surface area contributed by atoms with Gasteiger partial charge in [-0.15, -0.1) is 10.2 Å². The molecule has 0 aliphatic rings. The molecular formula is C21H18FN5O3S. The SMILES string of the molecule is O=[SH](=O)NCc1cccc(C(c2ccc(F)cc2)C(c2cccnc2)c2nnco2)n1. The minimum Gasteiger partial charge on any atom is -0.427 e. The van der Waals surface area contributed by atoms with Crippen LogP contribution >= 0.6 is 0 Å². The predicted octanol–water partition coefficient (Wildman–Crippen LogP) is 2.58. The summed E-state index contributed by atoms with van der Waals surface area (Å²) in [6.45, 7) is 0.0563. The molecule has 1 N–H and O–H groups in total. The largest absolute Gasteiger partial charge is 0.427 e. The van der Waals surface area contributed by atoms with E-state index in [1.54, 1.807) is 42.7 Å². The molecule has 0 spiro atoms. The van der Waals surface area contributed by atoms with Gasteiger partial charge in [0, 0.05) is 24.0 Å². The lowest BCUT2D eigenvalue weighted by Crippen LogP contribution is -2.18. The molecule has 3 heterocycles. The van der Waals surface area contributed by atoms with Gasteiger partial charge in [0.1, 0.15) is 5.82 Å². The molecule has 8 nitrogen and oxygen atoms in total. The lowest BCUT2D eigenvalue weighted by Gasteiger charge is -2.25. The number of hydrogen-bond acceptors (Lipinski definition) is 7. The van der Waals surface area contributed by atoms with Crippen LogP contribution in [0.5, 0.6) is 0 Å². The van der Waals surface area contributed by atoms with Crippen LogP contribution in [0.2, 0.25) is 0 Å². The molecule has 0 radical (unpaired) electrons. The van der Waals surface area contributed by atoms with Gasteiger partial charge in [-0.25, -0.2) is 17.5 Å². The number of nitrogens with zero attached hydrogens (tertiary/aromatic N) is 4. The lowest BCUT2D eigenvalue weighted by molar-refractivity contribution is 0.448. The van der Waals surface area contributed by atoms with E-state index in [0.717, 1.165) is 11.1 Å². The third-order valence-electron chi connectivity index (χ3n) is 4.79. The van der Waals surface area contributed by atoms with Crippen molar-refractivity contribution in [3.63, 3.8) is 0 Å². The smallest absolute Gasteiger partial charge is 0.224 e. The summed E-state index contributed by atoms with van der Waals surface area (Å²) in [5, 5.41) is 7.95. The van der Waals surface area contributed by atoms with E-state index in [9.17, 15) is 12.8 Å². The number of hydrogen-bond donors (Lipinski definition) is 2. The zero-order valence-corrected chi connectivity index (χ0v) is 17.0. The molecule has 4 rings (SSSR count). The molecule has 0 amide bonds. The zero-order chi connectivity index (χ0) is 21.6. The fourth-order valence-corrected chi connectivity index (χ4v) is 3.77. The summed E-state index contributed by atoms with van der Waals surface area (Å²) in [5.74, 6) is -0.876. The molecule has 2 atom stereocenters. The summed E-state index contributed by atoms with van der Waals surface area (Å²) in [6, 6.07) is 15.2. The third-order valence-corrected chi connectivity index (χ3v) is 5.20. The molecule has 10 heteroatoms. The highest BCUT2D eigenvalue weighted by atomic mass is 32.2. The molecule has 158 valence electrons. The Labute approximate surface area is 179 Å². The summed E-state index contributed by atoms with van der Waals surface area (Å²) < 4.78 is 43.4. The average molecular weight is 439 g/mol. The Morgan fingerprint density at radius 1 is 1.00 bits per heavy atom. The summed E-state index contributed by atoms with van der Waals surface area (Å²) in [5.41, 5.74) is 2.77. The minimum atomic E-state index is -2.75. The van der Waals surface area contributed by atoms with Crippen molar-refractivity contribution in [2.24, 2.45) is 0 Å². The predicted molar refractivity (Wildman–Crippen MR) is 110 cm³/mol. The van der Waals surface area contributed by atoms with Crippen molar-refractivity contribution in [3.05, 3.63) is 108 Å². The molecule has 0 saturated heterocycles. The van der Waals surface area contributed by atoms with Crippen molar-refractivity contribution < 1.29 is 17.2 Å². The van der Waals surface area contributed by atoms with Crippen molar-refractivity contribution in [2.75, 3.05) is 0 Å². The highest BCUT2D eigenvalue weighted by molar-refractivity contribution is 7.70. The third kappa shape index (κ3) is 4.98. The molecule has 0 aliphatic carbocycles. The Morgan fingerprint density at radius 2 is 1.84 bits per heavy atom. The molecule has 2 unspecified atom stereocenters. The van der Waals surface area contributed by atoms with Crippen LogP contribution in [0.3, 0.4) is 0 Å². The van der Waals surface area contributed by atoms with Crippen LogP contribution in [0.15, 0.2) is 77.8 Å². The first-order valence-electron chi connectivity index (χ1n) is 9.37. The van der Waals surface area contributed by atoms with Crippen LogP contribution in [0.1, 0.15) is 40.2 Å². The van der Waals surface area contributed by atoms with Crippen LogP contribution in [-0.2, 0) is 17.4 Å². The van der Waals surface area contributed by atoms with Crippen molar-refractivity contribution in [3.8, 4) is 0 Å². The second kappa shape index (κ2) is 9.54. The Kier molecular flexibility index (Phi) is 6.39. The number of nitrogens with one attached hydrogen (secondary N) is 1. The molecule has 0 bridgehead atoms. The lowest BCUT2D eigenvalue weighted by atomic mass is 9.79. The molecule has 0 aliphatic heterocycles. The average Bonchev–Trinajstić information content (AvgIpc) is 3.32. The molecule has 3 aromatic heterocycles. The van der Waals surface area contributed by atoms with Crippen molar-refractivity contribution in [1.29, 1.82) is 0 Å². The topological polar surface area (TPSA) is 111 Å². The number of benzene rings is 1. The minimum absolute atomic E-state index is 0.0563.